The summed E-state index contributed by atoms with van der Waals surface area (Å²) in [5.74, 6) is 0.223. The van der Waals surface area contributed by atoms with Crippen molar-refractivity contribution in [3.8, 4) is 0 Å². The maximum absolute atomic E-state index is 12.1. The lowest BCUT2D eigenvalue weighted by atomic mass is 9.87. The second-order valence-electron chi connectivity index (χ2n) is 7.96. The van der Waals surface area contributed by atoms with E-state index in [1.54, 1.807) is 4.90 Å². The number of esters is 1. The van der Waals surface area contributed by atoms with Crippen LogP contribution in [0.15, 0.2) is 11.8 Å². The number of hydrogen-bond acceptors (Lipinski definition) is 5. The summed E-state index contributed by atoms with van der Waals surface area (Å²) in [6.45, 7) is 11.8. The highest BCUT2D eigenvalue weighted by Gasteiger charge is 2.43. The molecule has 1 aliphatic heterocycles. The van der Waals surface area contributed by atoms with Crippen LogP contribution in [0.25, 0.3) is 0 Å². The van der Waals surface area contributed by atoms with Crippen LogP contribution in [0.3, 0.4) is 0 Å². The molecule has 0 spiro atoms. The molecule has 1 amide bonds. The Morgan fingerprint density at radius 2 is 2.04 bits per heavy atom. The molecule has 6 nitrogen and oxygen atoms in total. The predicted octanol–water partition coefficient (Wildman–Crippen LogP) is 3.30. The number of ether oxygens (including phenoxy) is 2. The van der Waals surface area contributed by atoms with Crippen molar-refractivity contribution in [2.75, 3.05) is 20.3 Å². The Kier molecular flexibility index (Phi) is 5.32. The average molecular weight is 356 g/mol. The first-order valence-electron chi connectivity index (χ1n) is 8.48. The van der Waals surface area contributed by atoms with Gasteiger partial charge < -0.3 is 13.9 Å². The fraction of sp³-hybridized carbons (Fsp3) is 0.765. The van der Waals surface area contributed by atoms with Crippen LogP contribution >= 0.6 is 0 Å². The molecule has 1 fully saturated rings. The van der Waals surface area contributed by atoms with E-state index in [2.05, 4.69) is 33.9 Å². The molecule has 2 aliphatic rings. The third kappa shape index (κ3) is 3.76. The van der Waals surface area contributed by atoms with Crippen LogP contribution in [0.2, 0.25) is 18.1 Å². The van der Waals surface area contributed by atoms with Crippen molar-refractivity contribution in [2.24, 2.45) is 5.92 Å². The van der Waals surface area contributed by atoms with Gasteiger partial charge in [0.1, 0.15) is 6.61 Å². The van der Waals surface area contributed by atoms with E-state index in [4.69, 9.17) is 13.9 Å². The fourth-order valence-electron chi connectivity index (χ4n) is 2.82. The zero-order valence-corrected chi connectivity index (χ0v) is 16.5. The van der Waals surface area contributed by atoms with Gasteiger partial charge in [0.05, 0.1) is 31.4 Å². The zero-order valence-electron chi connectivity index (χ0n) is 15.5. The van der Waals surface area contributed by atoms with Gasteiger partial charge in [-0.3, -0.25) is 9.69 Å². The maximum Gasteiger partial charge on any atom is 0.410 e. The number of nitrogens with zero attached hydrogens (tertiary/aromatic N) is 1. The smallest absolute Gasteiger partial charge is 0.410 e. The standard InChI is InChI=1S/C17H29NO5Si/c1-17(2,3)24(5,6)23-12-7-8-13(15(19)21-4)14(11-12)18-9-10-22-16(18)20/h11,13-14H,7-10H2,1-6H3/t13-,14-/m0/s1. The van der Waals surface area contributed by atoms with E-state index in [1.165, 1.54) is 7.11 Å². The number of rotatable bonds is 4. The zero-order chi connectivity index (χ0) is 18.1. The van der Waals surface area contributed by atoms with Gasteiger partial charge in [0.25, 0.3) is 0 Å². The lowest BCUT2D eigenvalue weighted by molar-refractivity contribution is -0.147. The van der Waals surface area contributed by atoms with Crippen molar-refractivity contribution in [1.29, 1.82) is 0 Å². The first-order valence-corrected chi connectivity index (χ1v) is 11.4. The fourth-order valence-corrected chi connectivity index (χ4v) is 3.95. The van der Waals surface area contributed by atoms with Crippen molar-refractivity contribution < 1.29 is 23.5 Å². The summed E-state index contributed by atoms with van der Waals surface area (Å²) in [5, 5.41) is 0.0924. The molecule has 24 heavy (non-hydrogen) atoms. The monoisotopic (exact) mass is 355 g/mol. The molecular weight excluding hydrogens is 326 g/mol. The Hall–Kier alpha value is -1.50. The van der Waals surface area contributed by atoms with Gasteiger partial charge in [0.2, 0.25) is 8.32 Å². The SMILES string of the molecule is COC(=O)[C@H]1CCC(O[Si](C)(C)C(C)(C)C)=C[C@@H]1N1CCOC1=O. The molecule has 0 saturated carbocycles. The Bertz CT molecular complexity index is 538. The lowest BCUT2D eigenvalue weighted by Gasteiger charge is -2.40. The quantitative estimate of drug-likeness (QED) is 0.572. The van der Waals surface area contributed by atoms with Crippen molar-refractivity contribution in [3.05, 3.63) is 11.8 Å². The summed E-state index contributed by atoms with van der Waals surface area (Å²) < 4.78 is 16.4. The molecule has 136 valence electrons. The van der Waals surface area contributed by atoms with E-state index >= 15 is 0 Å². The molecule has 0 aromatic rings. The molecule has 2 atom stereocenters. The largest absolute Gasteiger partial charge is 0.547 e. The molecule has 1 heterocycles. The van der Waals surface area contributed by atoms with Gasteiger partial charge in [-0.25, -0.2) is 4.79 Å². The third-order valence-corrected chi connectivity index (χ3v) is 9.70. The van der Waals surface area contributed by atoms with Gasteiger partial charge in [-0.05, 0) is 30.6 Å². The third-order valence-electron chi connectivity index (χ3n) is 5.32. The number of allylic oxidation sites excluding steroid dienone is 1. The summed E-state index contributed by atoms with van der Waals surface area (Å²) in [5.41, 5.74) is 0. The van der Waals surface area contributed by atoms with Crippen LogP contribution in [0.4, 0.5) is 4.79 Å². The number of methoxy groups -OCH3 is 1. The second kappa shape index (κ2) is 6.78. The molecule has 1 saturated heterocycles. The van der Waals surface area contributed by atoms with Crippen LogP contribution in [0.1, 0.15) is 33.6 Å². The van der Waals surface area contributed by atoms with Crippen LogP contribution in [0, 0.1) is 5.92 Å². The van der Waals surface area contributed by atoms with Gasteiger partial charge in [-0.1, -0.05) is 20.8 Å². The molecule has 0 unspecified atom stereocenters. The molecule has 1 aliphatic carbocycles. The summed E-state index contributed by atoms with van der Waals surface area (Å²) in [6, 6.07) is -0.360. The van der Waals surface area contributed by atoms with Crippen molar-refractivity contribution in [2.45, 2.75) is 57.8 Å². The Labute approximate surface area is 145 Å². The van der Waals surface area contributed by atoms with Crippen LogP contribution < -0.4 is 0 Å². The summed E-state index contributed by atoms with van der Waals surface area (Å²) in [7, 11) is -0.573. The Balaban J connectivity index is 2.26. The van der Waals surface area contributed by atoms with E-state index in [1.807, 2.05) is 6.08 Å². The molecule has 0 N–H and O–H groups in total. The maximum atomic E-state index is 12.1. The molecular formula is C17H29NO5Si. The van der Waals surface area contributed by atoms with Gasteiger partial charge >= 0.3 is 12.1 Å². The lowest BCUT2D eigenvalue weighted by Crippen LogP contribution is -2.46. The van der Waals surface area contributed by atoms with Crippen molar-refractivity contribution >= 4 is 20.4 Å². The summed E-state index contributed by atoms with van der Waals surface area (Å²) in [4.78, 5) is 25.7. The number of carbonyl (C=O) groups is 2. The van der Waals surface area contributed by atoms with Gasteiger partial charge in [-0.2, -0.15) is 0 Å². The minimum Gasteiger partial charge on any atom is -0.547 e. The second-order valence-corrected chi connectivity index (χ2v) is 12.7. The molecule has 0 radical (unpaired) electrons. The minimum absolute atomic E-state index is 0.0924. The van der Waals surface area contributed by atoms with Gasteiger partial charge in [0, 0.05) is 6.42 Å². The molecule has 2 rings (SSSR count). The first-order chi connectivity index (χ1) is 11.1. The van der Waals surface area contributed by atoms with Crippen LogP contribution in [0.5, 0.6) is 0 Å². The van der Waals surface area contributed by atoms with Crippen molar-refractivity contribution in [3.63, 3.8) is 0 Å². The number of amides is 1. The van der Waals surface area contributed by atoms with E-state index in [0.29, 0.717) is 26.0 Å². The minimum atomic E-state index is -1.96. The molecule has 0 aromatic carbocycles. The van der Waals surface area contributed by atoms with Crippen LogP contribution in [-0.4, -0.2) is 51.6 Å². The normalized spacial score (nSPS) is 25.2. The van der Waals surface area contributed by atoms with Crippen LogP contribution in [-0.2, 0) is 18.7 Å². The van der Waals surface area contributed by atoms with E-state index in [9.17, 15) is 9.59 Å². The van der Waals surface area contributed by atoms with Crippen molar-refractivity contribution in [1.82, 2.24) is 4.90 Å². The summed E-state index contributed by atoms with van der Waals surface area (Å²) in [6.07, 6.45) is 2.85. The Morgan fingerprint density at radius 1 is 1.38 bits per heavy atom. The van der Waals surface area contributed by atoms with Gasteiger partial charge in [0.15, 0.2) is 0 Å². The number of cyclic esters (lactones) is 1. The van der Waals surface area contributed by atoms with E-state index < -0.39 is 8.32 Å². The number of hydrogen-bond donors (Lipinski definition) is 0. The highest BCUT2D eigenvalue weighted by Crippen LogP contribution is 2.40. The highest BCUT2D eigenvalue weighted by molar-refractivity contribution is 6.74. The Morgan fingerprint density at radius 3 is 2.54 bits per heavy atom. The predicted molar refractivity (Wildman–Crippen MR) is 92.9 cm³/mol. The molecule has 0 aromatic heterocycles. The van der Waals surface area contributed by atoms with E-state index in [0.717, 1.165) is 5.76 Å². The van der Waals surface area contributed by atoms with Gasteiger partial charge in [-0.15, -0.1) is 0 Å². The first kappa shape index (κ1) is 18.8. The molecule has 7 heteroatoms. The summed E-state index contributed by atoms with van der Waals surface area (Å²) >= 11 is 0. The topological polar surface area (TPSA) is 65.1 Å². The van der Waals surface area contributed by atoms with E-state index in [-0.39, 0.29) is 29.1 Å². The highest BCUT2D eigenvalue weighted by atomic mass is 28.4. The molecule has 0 bridgehead atoms. The average Bonchev–Trinajstić information content (AvgIpc) is 2.91. The number of carbonyl (C=O) groups excluding carboxylic acids is 2.